The SMILES string of the molecule is c1ccc(-c2ccc3c(c2)c2cc(-c4ccc5c(c4)c4ccccc4n5-c4nc(-c5ccccc5)c5ccccc5n4)ccc2n3-c2ccccc2)cc1. The Morgan fingerprint density at radius 1 is 0.296 bits per heavy atom. The number of hydrogen-bond donors (Lipinski definition) is 0. The van der Waals surface area contributed by atoms with E-state index in [-0.39, 0.29) is 0 Å². The van der Waals surface area contributed by atoms with E-state index in [1.165, 1.54) is 49.3 Å². The molecule has 54 heavy (non-hydrogen) atoms. The first-order valence-electron chi connectivity index (χ1n) is 18.3. The van der Waals surface area contributed by atoms with Crippen molar-refractivity contribution in [3.63, 3.8) is 0 Å². The molecule has 0 radical (unpaired) electrons. The molecular formula is C50H32N4. The van der Waals surface area contributed by atoms with E-state index < -0.39 is 0 Å². The summed E-state index contributed by atoms with van der Waals surface area (Å²) in [5, 5.41) is 5.83. The molecule has 0 saturated carbocycles. The Bertz CT molecular complexity index is 3200. The van der Waals surface area contributed by atoms with Crippen LogP contribution in [0.2, 0.25) is 0 Å². The van der Waals surface area contributed by atoms with Gasteiger partial charge in [-0.2, -0.15) is 0 Å². The lowest BCUT2D eigenvalue weighted by atomic mass is 9.99. The average Bonchev–Trinajstić information content (AvgIpc) is 3.76. The van der Waals surface area contributed by atoms with Crippen molar-refractivity contribution in [1.29, 1.82) is 0 Å². The summed E-state index contributed by atoms with van der Waals surface area (Å²) in [4.78, 5) is 10.4. The lowest BCUT2D eigenvalue weighted by Crippen LogP contribution is -2.03. The summed E-state index contributed by atoms with van der Waals surface area (Å²) < 4.78 is 4.60. The molecule has 0 atom stereocenters. The van der Waals surface area contributed by atoms with Crippen LogP contribution in [0.4, 0.5) is 0 Å². The van der Waals surface area contributed by atoms with E-state index in [9.17, 15) is 0 Å². The maximum absolute atomic E-state index is 5.26. The van der Waals surface area contributed by atoms with Gasteiger partial charge in [-0.05, 0) is 82.9 Å². The second-order valence-corrected chi connectivity index (χ2v) is 13.8. The number of aromatic nitrogens is 4. The number of hydrogen-bond acceptors (Lipinski definition) is 2. The van der Waals surface area contributed by atoms with Gasteiger partial charge in [-0.15, -0.1) is 0 Å². The van der Waals surface area contributed by atoms with Gasteiger partial charge in [-0.1, -0.05) is 133 Å². The van der Waals surface area contributed by atoms with Crippen LogP contribution in [-0.4, -0.2) is 19.1 Å². The van der Waals surface area contributed by atoms with Gasteiger partial charge in [0.2, 0.25) is 5.95 Å². The van der Waals surface area contributed by atoms with Crippen molar-refractivity contribution in [3.05, 3.63) is 194 Å². The van der Waals surface area contributed by atoms with Gasteiger partial charge in [0.15, 0.2) is 0 Å². The fourth-order valence-electron chi connectivity index (χ4n) is 8.22. The zero-order valence-electron chi connectivity index (χ0n) is 29.3. The molecular weight excluding hydrogens is 657 g/mol. The highest BCUT2D eigenvalue weighted by molar-refractivity contribution is 6.13. The molecule has 0 amide bonds. The van der Waals surface area contributed by atoms with E-state index in [1.807, 2.05) is 12.1 Å². The predicted molar refractivity (Wildman–Crippen MR) is 225 cm³/mol. The van der Waals surface area contributed by atoms with E-state index in [4.69, 9.17) is 9.97 Å². The first kappa shape index (κ1) is 30.3. The third kappa shape index (κ3) is 4.78. The lowest BCUT2D eigenvalue weighted by Gasteiger charge is -2.12. The van der Waals surface area contributed by atoms with E-state index >= 15 is 0 Å². The van der Waals surface area contributed by atoms with Gasteiger partial charge in [0, 0.05) is 38.2 Å². The minimum absolute atomic E-state index is 0.663. The van der Waals surface area contributed by atoms with Crippen molar-refractivity contribution in [2.75, 3.05) is 0 Å². The topological polar surface area (TPSA) is 35.6 Å². The van der Waals surface area contributed by atoms with Crippen molar-refractivity contribution in [3.8, 4) is 45.1 Å². The van der Waals surface area contributed by atoms with E-state index in [1.54, 1.807) is 0 Å². The zero-order valence-corrected chi connectivity index (χ0v) is 29.3. The fraction of sp³-hybridized carbons (Fsp3) is 0. The van der Waals surface area contributed by atoms with Crippen LogP contribution in [0.5, 0.6) is 0 Å². The van der Waals surface area contributed by atoms with Crippen molar-refractivity contribution in [2.45, 2.75) is 0 Å². The van der Waals surface area contributed by atoms with Gasteiger partial charge in [0.25, 0.3) is 0 Å². The largest absolute Gasteiger partial charge is 0.309 e. The highest BCUT2D eigenvalue weighted by Gasteiger charge is 2.19. The maximum atomic E-state index is 5.26. The molecule has 3 aromatic heterocycles. The van der Waals surface area contributed by atoms with Gasteiger partial charge < -0.3 is 4.57 Å². The van der Waals surface area contributed by atoms with E-state index in [2.05, 4.69) is 191 Å². The molecule has 0 spiro atoms. The maximum Gasteiger partial charge on any atom is 0.235 e. The first-order valence-corrected chi connectivity index (χ1v) is 18.3. The summed E-state index contributed by atoms with van der Waals surface area (Å²) in [7, 11) is 0. The van der Waals surface area contributed by atoms with Crippen LogP contribution in [0.3, 0.4) is 0 Å². The monoisotopic (exact) mass is 688 g/mol. The Balaban J connectivity index is 1.12. The van der Waals surface area contributed by atoms with Gasteiger partial charge in [-0.25, -0.2) is 9.97 Å². The second-order valence-electron chi connectivity index (χ2n) is 13.8. The summed E-state index contributed by atoms with van der Waals surface area (Å²) in [5.74, 6) is 0.663. The molecule has 11 aromatic rings. The number of nitrogens with zero attached hydrogens (tertiary/aromatic N) is 4. The molecule has 4 heteroatoms. The molecule has 11 rings (SSSR count). The first-order chi connectivity index (χ1) is 26.8. The van der Waals surface area contributed by atoms with Crippen molar-refractivity contribution in [1.82, 2.24) is 19.1 Å². The van der Waals surface area contributed by atoms with Crippen molar-refractivity contribution < 1.29 is 0 Å². The molecule has 0 saturated heterocycles. The molecule has 0 N–H and O–H groups in total. The minimum atomic E-state index is 0.663. The van der Waals surface area contributed by atoms with Gasteiger partial charge in [0.1, 0.15) is 0 Å². The molecule has 252 valence electrons. The van der Waals surface area contributed by atoms with Crippen LogP contribution >= 0.6 is 0 Å². The van der Waals surface area contributed by atoms with Crippen LogP contribution in [0.25, 0.3) is 99.7 Å². The van der Waals surface area contributed by atoms with Crippen LogP contribution in [0.1, 0.15) is 0 Å². The molecule has 0 aliphatic heterocycles. The van der Waals surface area contributed by atoms with Crippen LogP contribution in [0, 0.1) is 0 Å². The third-order valence-electron chi connectivity index (χ3n) is 10.7. The molecule has 0 fully saturated rings. The fourth-order valence-corrected chi connectivity index (χ4v) is 8.22. The molecule has 4 nitrogen and oxygen atoms in total. The third-order valence-corrected chi connectivity index (χ3v) is 10.7. The number of fused-ring (bicyclic) bond motifs is 7. The molecule has 0 aliphatic rings. The summed E-state index contributed by atoms with van der Waals surface area (Å²) in [6.45, 7) is 0. The number of para-hydroxylation sites is 3. The molecule has 0 unspecified atom stereocenters. The highest BCUT2D eigenvalue weighted by atomic mass is 15.2. The molecule has 0 bridgehead atoms. The van der Waals surface area contributed by atoms with Gasteiger partial charge >= 0.3 is 0 Å². The van der Waals surface area contributed by atoms with Crippen molar-refractivity contribution >= 4 is 54.5 Å². The van der Waals surface area contributed by atoms with Crippen LogP contribution in [-0.2, 0) is 0 Å². The molecule has 8 aromatic carbocycles. The average molecular weight is 689 g/mol. The summed E-state index contributed by atoms with van der Waals surface area (Å²) in [6, 6.07) is 69.1. The summed E-state index contributed by atoms with van der Waals surface area (Å²) >= 11 is 0. The van der Waals surface area contributed by atoms with Crippen molar-refractivity contribution in [2.24, 2.45) is 0 Å². The smallest absolute Gasteiger partial charge is 0.235 e. The van der Waals surface area contributed by atoms with E-state index in [0.717, 1.165) is 44.4 Å². The molecule has 3 heterocycles. The standard InChI is InChI=1S/C50H32N4/c1-4-14-33(15-5-1)35-24-27-46-42(30-35)43-32-37(25-28-47(43)53(46)38-18-8-3-9-19-38)36-26-29-48-41(31-36)39-20-11-13-23-45(39)54(48)50-51-44-22-12-10-21-40(44)49(52-50)34-16-6-2-7-17-34/h1-32H. The van der Waals surface area contributed by atoms with Crippen LogP contribution < -0.4 is 0 Å². The van der Waals surface area contributed by atoms with Gasteiger partial charge in [0.05, 0.1) is 33.3 Å². The Labute approximate surface area is 311 Å². The Morgan fingerprint density at radius 3 is 1.41 bits per heavy atom. The highest BCUT2D eigenvalue weighted by Crippen LogP contribution is 2.39. The minimum Gasteiger partial charge on any atom is -0.309 e. The zero-order chi connectivity index (χ0) is 35.6. The summed E-state index contributed by atoms with van der Waals surface area (Å²) in [6.07, 6.45) is 0. The van der Waals surface area contributed by atoms with Gasteiger partial charge in [-0.3, -0.25) is 4.57 Å². The number of rotatable bonds is 5. The Hall–Kier alpha value is -7.30. The van der Waals surface area contributed by atoms with Crippen LogP contribution in [0.15, 0.2) is 194 Å². The van der Waals surface area contributed by atoms with E-state index in [0.29, 0.717) is 5.95 Å². The normalized spacial score (nSPS) is 11.7. The molecule has 0 aliphatic carbocycles. The lowest BCUT2D eigenvalue weighted by molar-refractivity contribution is 1.01. The Kier molecular flexibility index (Phi) is 6.82. The predicted octanol–water partition coefficient (Wildman–Crippen LogP) is 12.8. The number of benzene rings is 8. The Morgan fingerprint density at radius 2 is 0.759 bits per heavy atom. The second kappa shape index (κ2) is 12.1. The quantitative estimate of drug-likeness (QED) is 0.180. The summed E-state index contributed by atoms with van der Waals surface area (Å²) in [5.41, 5.74) is 13.4.